The molecule has 0 atom stereocenters. The molecule has 0 unspecified atom stereocenters. The normalized spacial score (nSPS) is 14.2. The number of hydrogen-bond acceptors (Lipinski definition) is 4. The van der Waals surface area contributed by atoms with E-state index in [1.54, 1.807) is 38.0 Å². The van der Waals surface area contributed by atoms with Gasteiger partial charge in [0, 0.05) is 101 Å². The van der Waals surface area contributed by atoms with E-state index in [0.717, 1.165) is 46.7 Å². The highest BCUT2D eigenvalue weighted by molar-refractivity contribution is 5.96. The lowest BCUT2D eigenvalue weighted by atomic mass is 9.87. The molecule has 12 nitrogen and oxygen atoms in total. The third kappa shape index (κ3) is 10.3. The molecule has 2 aromatic heterocycles. The lowest BCUT2D eigenvalue weighted by Crippen LogP contribution is -2.44. The molecule has 1 saturated heterocycles. The van der Waals surface area contributed by atoms with Crippen LogP contribution in [0, 0.1) is 48.8 Å². The number of hydrogen-bond donors (Lipinski definition) is 4. The van der Waals surface area contributed by atoms with Gasteiger partial charge in [0.05, 0.1) is 0 Å². The highest BCUT2D eigenvalue weighted by Gasteiger charge is 2.29. The Hall–Kier alpha value is -7.24. The average molecular weight is 917 g/mol. The molecule has 4 amide bonds. The molecule has 4 aromatic carbocycles. The molecule has 0 bridgehead atoms. The molecule has 0 spiro atoms. The van der Waals surface area contributed by atoms with Crippen LogP contribution in [0.2, 0.25) is 0 Å². The fourth-order valence-corrected chi connectivity index (χ4v) is 8.88. The molecule has 4 heterocycles. The minimum atomic E-state index is -0.996. The fourth-order valence-electron chi connectivity index (χ4n) is 8.88. The summed E-state index contributed by atoms with van der Waals surface area (Å²) in [6, 6.07) is 14.3. The Morgan fingerprint density at radius 3 is 1.58 bits per heavy atom. The van der Waals surface area contributed by atoms with Crippen LogP contribution in [0.1, 0.15) is 58.8 Å². The Bertz CT molecular complexity index is 2890. The van der Waals surface area contributed by atoms with Crippen molar-refractivity contribution < 1.29 is 55.7 Å². The summed E-state index contributed by atoms with van der Waals surface area (Å²) in [5, 5.41) is 25.2. The molecule has 6 aromatic rings. The van der Waals surface area contributed by atoms with Gasteiger partial charge < -0.3 is 39.8 Å². The number of nitrogens with one attached hydrogen (secondary N) is 2. The molecule has 4 N–H and O–H groups in total. The smallest absolute Gasteiger partial charge is 0.323 e. The number of piperidine rings is 1. The van der Waals surface area contributed by atoms with E-state index in [9.17, 15) is 55.7 Å². The molecule has 18 heteroatoms. The minimum Gasteiger partial charge on any atom is -0.480 e. The number of halogens is 6. The summed E-state index contributed by atoms with van der Waals surface area (Å²) in [5.74, 6) is -5.53. The number of aromatic nitrogens is 2. The van der Waals surface area contributed by atoms with E-state index in [2.05, 4.69) is 10.6 Å². The summed E-state index contributed by atoms with van der Waals surface area (Å²) < 4.78 is 84.9. The third-order valence-electron chi connectivity index (χ3n) is 12.1. The Balaban J connectivity index is 0.000000196. The number of carbonyl (C=O) groups is 4. The second-order valence-corrected chi connectivity index (χ2v) is 16.2. The molecule has 1 fully saturated rings. The van der Waals surface area contributed by atoms with Crippen LogP contribution < -0.4 is 10.6 Å². The van der Waals surface area contributed by atoms with E-state index < -0.39 is 41.0 Å². The predicted octanol–water partition coefficient (Wildman–Crippen LogP) is 8.99. The lowest BCUT2D eigenvalue weighted by Gasteiger charge is -2.32. The largest absolute Gasteiger partial charge is 0.480 e. The number of rotatable bonds is 10. The van der Waals surface area contributed by atoms with Crippen LogP contribution in [-0.4, -0.2) is 79.3 Å². The fraction of sp³-hybridized carbons (Fsp3) is 0.292. The summed E-state index contributed by atoms with van der Waals surface area (Å²) >= 11 is 0. The first-order valence-electron chi connectivity index (χ1n) is 21.1. The lowest BCUT2D eigenvalue weighted by molar-refractivity contribution is -0.138. The van der Waals surface area contributed by atoms with Crippen molar-refractivity contribution in [1.82, 2.24) is 29.6 Å². The first-order valence-corrected chi connectivity index (χ1v) is 21.1. The van der Waals surface area contributed by atoms with Crippen molar-refractivity contribution in [1.29, 1.82) is 0 Å². The highest BCUT2D eigenvalue weighted by Crippen LogP contribution is 2.38. The quantitative estimate of drug-likeness (QED) is 0.101. The van der Waals surface area contributed by atoms with Gasteiger partial charge in [0.1, 0.15) is 48.0 Å². The van der Waals surface area contributed by atoms with Crippen molar-refractivity contribution in [2.24, 2.45) is 0 Å². The van der Waals surface area contributed by atoms with Crippen LogP contribution in [0.3, 0.4) is 0 Å². The molecule has 0 radical (unpaired) electrons. The molecular weight excluding hydrogens is 871 g/mol. The van der Waals surface area contributed by atoms with Gasteiger partial charge in [-0.25, -0.2) is 35.9 Å². The highest BCUT2D eigenvalue weighted by atomic mass is 19.2. The number of nitrogens with zero attached hydrogens (tertiary/aromatic N) is 4. The van der Waals surface area contributed by atoms with Crippen molar-refractivity contribution in [3.63, 3.8) is 0 Å². The van der Waals surface area contributed by atoms with Gasteiger partial charge in [0.15, 0.2) is 0 Å². The maximum absolute atomic E-state index is 14.0. The number of likely N-dealkylation sites (tertiary alicyclic amines) is 1. The first kappa shape index (κ1) is 46.7. The van der Waals surface area contributed by atoms with Gasteiger partial charge in [-0.1, -0.05) is 18.2 Å². The molecule has 2 aliphatic rings. The molecule has 346 valence electrons. The van der Waals surface area contributed by atoms with Crippen LogP contribution in [0.5, 0.6) is 0 Å². The Morgan fingerprint density at radius 1 is 0.606 bits per heavy atom. The maximum atomic E-state index is 14.0. The van der Waals surface area contributed by atoms with Crippen LogP contribution in [-0.2, 0) is 35.8 Å². The zero-order chi connectivity index (χ0) is 47.4. The summed E-state index contributed by atoms with van der Waals surface area (Å²) in [5.41, 5.74) is 5.78. The molecular formula is C48H46F6N6O6. The van der Waals surface area contributed by atoms with E-state index in [1.165, 1.54) is 36.4 Å². The van der Waals surface area contributed by atoms with E-state index in [1.807, 2.05) is 13.0 Å². The number of benzene rings is 4. The van der Waals surface area contributed by atoms with Gasteiger partial charge in [0.2, 0.25) is 0 Å². The number of aliphatic carboxylic acids is 2. The van der Waals surface area contributed by atoms with Gasteiger partial charge in [-0.15, -0.1) is 0 Å². The van der Waals surface area contributed by atoms with Crippen molar-refractivity contribution in [3.8, 4) is 0 Å². The maximum Gasteiger partial charge on any atom is 0.323 e. The van der Waals surface area contributed by atoms with Gasteiger partial charge in [0.25, 0.3) is 0 Å². The van der Waals surface area contributed by atoms with E-state index in [0.29, 0.717) is 66.4 Å². The van der Waals surface area contributed by atoms with E-state index >= 15 is 0 Å². The van der Waals surface area contributed by atoms with Gasteiger partial charge in [-0.3, -0.25) is 9.59 Å². The zero-order valence-corrected chi connectivity index (χ0v) is 35.9. The Labute approximate surface area is 374 Å². The number of carboxylic acid groups (broad SMARTS) is 2. The SMILES string of the molecule is Cc1c(C2=CCN(C(=O)NCc3ccc(F)cc3F)CC2)c2cc(F)ccc2n1CC(=O)O.Cc1c(C2CCN(C(=O)NCc3ccc(F)cc3F)CC2)c2cc(F)ccc2n1CC(=O)O. The number of amides is 4. The van der Waals surface area contributed by atoms with E-state index in [4.69, 9.17) is 0 Å². The first-order chi connectivity index (χ1) is 31.5. The number of fused-ring (bicyclic) bond motifs is 2. The zero-order valence-electron chi connectivity index (χ0n) is 35.9. The number of carboxylic acids is 2. The number of urea groups is 2. The Morgan fingerprint density at radius 2 is 1.08 bits per heavy atom. The molecule has 2 aliphatic heterocycles. The summed E-state index contributed by atoms with van der Waals surface area (Å²) in [7, 11) is 0. The monoisotopic (exact) mass is 916 g/mol. The van der Waals surface area contributed by atoms with Crippen LogP contribution >= 0.6 is 0 Å². The van der Waals surface area contributed by atoms with Crippen molar-refractivity contribution in [2.45, 2.75) is 65.2 Å². The van der Waals surface area contributed by atoms with Gasteiger partial charge >= 0.3 is 24.0 Å². The molecule has 0 saturated carbocycles. The van der Waals surface area contributed by atoms with Gasteiger partial charge in [-0.05, 0) is 98.7 Å². The second-order valence-electron chi connectivity index (χ2n) is 16.2. The van der Waals surface area contributed by atoms with Crippen LogP contribution in [0.25, 0.3) is 27.4 Å². The molecule has 8 rings (SSSR count). The minimum absolute atomic E-state index is 0.0444. The van der Waals surface area contributed by atoms with Crippen molar-refractivity contribution >= 4 is 51.4 Å². The van der Waals surface area contributed by atoms with E-state index in [-0.39, 0.29) is 67.6 Å². The number of carbonyl (C=O) groups excluding carboxylic acids is 2. The van der Waals surface area contributed by atoms with Crippen LogP contribution in [0.15, 0.2) is 78.9 Å². The second kappa shape index (κ2) is 19.9. The third-order valence-corrected chi connectivity index (χ3v) is 12.1. The predicted molar refractivity (Wildman–Crippen MR) is 233 cm³/mol. The average Bonchev–Trinajstić information content (AvgIpc) is 3.69. The topological polar surface area (TPSA) is 149 Å². The summed E-state index contributed by atoms with van der Waals surface area (Å²) in [6.07, 6.45) is 3.60. The standard InChI is InChI=1S/C24H24F3N3O3.C24H22F3N3O3/c2*1-14-23(19-10-17(25)4-5-21(19)30(14)13-22(31)32)15-6-8-29(9-7-15)24(33)28-12-16-2-3-18(26)11-20(16)27/h2-5,10-11,15H,6-9,12-13H2,1H3,(H,28,33)(H,31,32);2-6,10-11H,7-9,12-13H2,1H3,(H,28,33)(H,31,32). The molecule has 66 heavy (non-hydrogen) atoms. The summed E-state index contributed by atoms with van der Waals surface area (Å²) in [4.78, 5) is 50.9. The Kier molecular flexibility index (Phi) is 14.1. The molecule has 0 aliphatic carbocycles. The van der Waals surface area contributed by atoms with Crippen molar-refractivity contribution in [2.75, 3.05) is 26.2 Å². The summed E-state index contributed by atoms with van der Waals surface area (Å²) in [6.45, 7) is 4.62. The van der Waals surface area contributed by atoms with Crippen LogP contribution in [0.4, 0.5) is 35.9 Å². The van der Waals surface area contributed by atoms with Gasteiger partial charge in [-0.2, -0.15) is 0 Å². The van der Waals surface area contributed by atoms with Crippen molar-refractivity contribution in [3.05, 3.63) is 147 Å².